The Kier molecular flexibility index (Phi) is 7.52. The average Bonchev–Trinajstić information content (AvgIpc) is 3.47. The Morgan fingerprint density at radius 2 is 1.30 bits per heavy atom. The van der Waals surface area contributed by atoms with Gasteiger partial charge in [0.15, 0.2) is 9.84 Å². The van der Waals surface area contributed by atoms with Gasteiger partial charge in [-0.15, -0.1) is 5.10 Å². The molecule has 10 heteroatoms. The third kappa shape index (κ3) is 5.97. The van der Waals surface area contributed by atoms with E-state index in [2.05, 4.69) is 15.5 Å². The average molecular weight is 553 g/mol. The Morgan fingerprint density at radius 3 is 1.82 bits per heavy atom. The van der Waals surface area contributed by atoms with Crippen molar-refractivity contribution in [2.24, 2.45) is 0 Å². The monoisotopic (exact) mass is 552 g/mol. The van der Waals surface area contributed by atoms with Gasteiger partial charge in [0.1, 0.15) is 0 Å². The summed E-state index contributed by atoms with van der Waals surface area (Å²) in [6, 6.07) is 30.5. The molecule has 1 heterocycles. The predicted molar refractivity (Wildman–Crippen MR) is 151 cm³/mol. The fraction of sp³-hybridized carbons (Fsp3) is 0.0667. The zero-order chi connectivity index (χ0) is 28.1. The fourth-order valence-electron chi connectivity index (χ4n) is 3.90. The molecule has 4 aromatic carbocycles. The molecule has 0 unspecified atom stereocenters. The lowest BCUT2D eigenvalue weighted by molar-refractivity contribution is 0.0890. The zero-order valence-corrected chi connectivity index (χ0v) is 22.2. The van der Waals surface area contributed by atoms with Crippen molar-refractivity contribution in [1.29, 1.82) is 0 Å². The first kappa shape index (κ1) is 26.5. The van der Waals surface area contributed by atoms with Gasteiger partial charge in [0.05, 0.1) is 4.90 Å². The van der Waals surface area contributed by atoms with Crippen LogP contribution in [-0.4, -0.2) is 36.7 Å². The van der Waals surface area contributed by atoms with E-state index in [0.717, 1.165) is 16.2 Å². The van der Waals surface area contributed by atoms with Crippen molar-refractivity contribution in [1.82, 2.24) is 10.2 Å². The van der Waals surface area contributed by atoms with Crippen molar-refractivity contribution < 1.29 is 22.4 Å². The second-order valence-electron chi connectivity index (χ2n) is 8.91. The number of rotatable bonds is 8. The van der Waals surface area contributed by atoms with Crippen LogP contribution in [0.5, 0.6) is 0 Å². The van der Waals surface area contributed by atoms with Gasteiger partial charge in [-0.25, -0.2) is 8.42 Å². The first-order valence-corrected chi connectivity index (χ1v) is 14.1. The maximum absolute atomic E-state index is 13.3. The van der Waals surface area contributed by atoms with Gasteiger partial charge in [-0.05, 0) is 66.2 Å². The molecule has 2 amide bonds. The summed E-state index contributed by atoms with van der Waals surface area (Å²) >= 11 is 0. The van der Waals surface area contributed by atoms with Crippen LogP contribution in [0.15, 0.2) is 119 Å². The van der Waals surface area contributed by atoms with E-state index in [1.165, 1.54) is 6.26 Å². The summed E-state index contributed by atoms with van der Waals surface area (Å²) < 4.78 is 29.1. The van der Waals surface area contributed by atoms with Crippen LogP contribution in [0.4, 0.5) is 11.7 Å². The van der Waals surface area contributed by atoms with Crippen LogP contribution in [-0.2, 0) is 16.4 Å². The number of aromatic nitrogens is 2. The number of nitrogens with one attached hydrogen (secondary N) is 1. The molecular weight excluding hydrogens is 528 g/mol. The Balaban J connectivity index is 1.34. The summed E-state index contributed by atoms with van der Waals surface area (Å²) in [5.41, 5.74) is 2.95. The van der Waals surface area contributed by atoms with E-state index in [4.69, 9.17) is 4.42 Å². The van der Waals surface area contributed by atoms with Gasteiger partial charge in [0, 0.05) is 35.2 Å². The molecule has 200 valence electrons. The van der Waals surface area contributed by atoms with Crippen LogP contribution >= 0.6 is 0 Å². The molecule has 0 bridgehead atoms. The minimum Gasteiger partial charge on any atom is -0.403 e. The van der Waals surface area contributed by atoms with Gasteiger partial charge in [-0.1, -0.05) is 53.6 Å². The molecule has 0 fully saturated rings. The zero-order valence-electron chi connectivity index (χ0n) is 21.4. The number of anilines is 2. The van der Waals surface area contributed by atoms with Gasteiger partial charge in [-0.3, -0.25) is 9.59 Å². The third-order valence-electron chi connectivity index (χ3n) is 6.03. The number of hydrogen-bond acceptors (Lipinski definition) is 8. The largest absolute Gasteiger partial charge is 0.403 e. The standard InChI is InChI=1S/C30H24N4O5S/c1-40(37,38)26-18-16-25(17-19-26)31-20-21-12-14-22(15-13-21)27-32-33-30(39-27)34(28(35)23-8-4-2-5-9-23)29(36)24-10-6-3-7-11-24/h2-19,31H,20H2,1H3. The van der Waals surface area contributed by atoms with Gasteiger partial charge >= 0.3 is 6.01 Å². The summed E-state index contributed by atoms with van der Waals surface area (Å²) in [6.07, 6.45) is 1.17. The second-order valence-corrected chi connectivity index (χ2v) is 10.9. The van der Waals surface area contributed by atoms with Gasteiger partial charge in [0.2, 0.25) is 5.89 Å². The molecular formula is C30H24N4O5S. The normalized spacial score (nSPS) is 11.1. The molecule has 0 aliphatic carbocycles. The lowest BCUT2D eigenvalue weighted by Gasteiger charge is -2.16. The third-order valence-corrected chi connectivity index (χ3v) is 7.16. The summed E-state index contributed by atoms with van der Waals surface area (Å²) in [7, 11) is -3.25. The smallest absolute Gasteiger partial charge is 0.332 e. The highest BCUT2D eigenvalue weighted by Crippen LogP contribution is 2.25. The lowest BCUT2D eigenvalue weighted by Crippen LogP contribution is -2.37. The van der Waals surface area contributed by atoms with E-state index >= 15 is 0 Å². The SMILES string of the molecule is CS(=O)(=O)c1ccc(NCc2ccc(-c3nnc(N(C(=O)c4ccccc4)C(=O)c4ccccc4)o3)cc2)cc1. The van der Waals surface area contributed by atoms with Crippen LogP contribution in [0.25, 0.3) is 11.5 Å². The van der Waals surface area contributed by atoms with Gasteiger partial charge < -0.3 is 9.73 Å². The highest BCUT2D eigenvalue weighted by atomic mass is 32.2. The molecule has 0 spiro atoms. The molecule has 1 aromatic heterocycles. The second kappa shape index (κ2) is 11.3. The van der Waals surface area contributed by atoms with E-state index < -0.39 is 21.7 Å². The van der Waals surface area contributed by atoms with Crippen molar-refractivity contribution in [3.05, 3.63) is 126 Å². The van der Waals surface area contributed by atoms with Crippen LogP contribution in [0.2, 0.25) is 0 Å². The number of sulfone groups is 1. The maximum atomic E-state index is 13.3. The number of carbonyl (C=O) groups excluding carboxylic acids is 2. The van der Waals surface area contributed by atoms with Crippen LogP contribution in [0.1, 0.15) is 26.3 Å². The Labute approximate surface area is 231 Å². The molecule has 0 radical (unpaired) electrons. The molecule has 1 N–H and O–H groups in total. The van der Waals surface area contributed by atoms with Crippen molar-refractivity contribution in [3.8, 4) is 11.5 Å². The molecule has 40 heavy (non-hydrogen) atoms. The quantitative estimate of drug-likeness (QED) is 0.259. The molecule has 5 rings (SSSR count). The van der Waals surface area contributed by atoms with E-state index in [9.17, 15) is 18.0 Å². The summed E-state index contributed by atoms with van der Waals surface area (Å²) in [6.45, 7) is 0.499. The minimum absolute atomic E-state index is 0.151. The van der Waals surface area contributed by atoms with Crippen molar-refractivity contribution in [2.45, 2.75) is 11.4 Å². The fourth-order valence-corrected chi connectivity index (χ4v) is 4.53. The number of hydrogen-bond donors (Lipinski definition) is 1. The van der Waals surface area contributed by atoms with Crippen LogP contribution in [0, 0.1) is 0 Å². The van der Waals surface area contributed by atoms with Crippen LogP contribution in [0.3, 0.4) is 0 Å². The maximum Gasteiger partial charge on any atom is 0.332 e. The molecule has 0 aliphatic rings. The Morgan fingerprint density at radius 1 is 0.750 bits per heavy atom. The first-order chi connectivity index (χ1) is 19.3. The number of carbonyl (C=O) groups is 2. The first-order valence-electron chi connectivity index (χ1n) is 12.3. The number of nitrogens with zero attached hydrogens (tertiary/aromatic N) is 3. The van der Waals surface area contributed by atoms with E-state index in [-0.39, 0.29) is 16.8 Å². The molecule has 0 atom stereocenters. The molecule has 0 saturated heterocycles. The van der Waals surface area contributed by atoms with E-state index in [0.29, 0.717) is 23.2 Å². The number of amides is 2. The van der Waals surface area contributed by atoms with Crippen molar-refractivity contribution >= 4 is 33.4 Å². The summed E-state index contributed by atoms with van der Waals surface area (Å²) in [4.78, 5) is 27.8. The summed E-state index contributed by atoms with van der Waals surface area (Å²) in [5, 5.41) is 11.4. The lowest BCUT2D eigenvalue weighted by atomic mass is 10.1. The molecule has 0 aliphatic heterocycles. The van der Waals surface area contributed by atoms with E-state index in [1.54, 1.807) is 97.1 Å². The van der Waals surface area contributed by atoms with Gasteiger partial charge in [-0.2, -0.15) is 4.90 Å². The highest BCUT2D eigenvalue weighted by Gasteiger charge is 2.30. The van der Waals surface area contributed by atoms with Crippen molar-refractivity contribution in [3.63, 3.8) is 0 Å². The molecule has 5 aromatic rings. The minimum atomic E-state index is -3.25. The van der Waals surface area contributed by atoms with Crippen LogP contribution < -0.4 is 10.2 Å². The van der Waals surface area contributed by atoms with Crippen molar-refractivity contribution in [2.75, 3.05) is 16.5 Å². The number of benzene rings is 4. The van der Waals surface area contributed by atoms with E-state index in [1.807, 2.05) is 12.1 Å². The molecule has 0 saturated carbocycles. The number of imide groups is 1. The molecule has 9 nitrogen and oxygen atoms in total. The topological polar surface area (TPSA) is 122 Å². The summed E-state index contributed by atoms with van der Waals surface area (Å²) in [5.74, 6) is -1.02. The van der Waals surface area contributed by atoms with Gasteiger partial charge in [0.25, 0.3) is 11.8 Å². The Bertz CT molecular complexity index is 1680. The Hall–Kier alpha value is -5.09. The predicted octanol–water partition coefficient (Wildman–Crippen LogP) is 5.24. The highest BCUT2D eigenvalue weighted by molar-refractivity contribution is 7.90.